The number of aryl methyl sites for hydroxylation is 1. The van der Waals surface area contributed by atoms with Gasteiger partial charge in [-0.2, -0.15) is 0 Å². The number of carbonyl (C=O) groups is 1. The zero-order valence-corrected chi connectivity index (χ0v) is 20.3. The standard InChI is InChI=1S/C22H19Cl2N3O6S/c1-3-33-16-8-5-14(6-9-16)26-34(31,32)21-11-17(18(23)12-19(21)24)22(28)25-20-10-15(27(29)30)7-4-13(20)2/h4-12,26H,3H2,1-2H3,(H,25,28). The number of carbonyl (C=O) groups excluding carboxylic acids is 1. The minimum Gasteiger partial charge on any atom is -0.494 e. The topological polar surface area (TPSA) is 128 Å². The summed E-state index contributed by atoms with van der Waals surface area (Å²) in [4.78, 5) is 23.0. The number of sulfonamides is 1. The predicted octanol–water partition coefficient (Wildman–Crippen LogP) is 5.66. The SMILES string of the molecule is CCOc1ccc(NS(=O)(=O)c2cc(C(=O)Nc3cc([N+](=O)[O-])ccc3C)c(Cl)cc2Cl)cc1. The highest BCUT2D eigenvalue weighted by molar-refractivity contribution is 7.92. The Morgan fingerprint density at radius 2 is 1.74 bits per heavy atom. The lowest BCUT2D eigenvalue weighted by atomic mass is 10.1. The van der Waals surface area contributed by atoms with Gasteiger partial charge in [0.1, 0.15) is 10.6 Å². The molecule has 0 spiro atoms. The molecule has 2 N–H and O–H groups in total. The Bertz CT molecular complexity index is 1360. The van der Waals surface area contributed by atoms with Crippen molar-refractivity contribution in [3.8, 4) is 5.75 Å². The summed E-state index contributed by atoms with van der Waals surface area (Å²) >= 11 is 12.3. The summed E-state index contributed by atoms with van der Waals surface area (Å²) in [7, 11) is -4.19. The van der Waals surface area contributed by atoms with Crippen LogP contribution in [0.3, 0.4) is 0 Å². The quantitative estimate of drug-likeness (QED) is 0.289. The van der Waals surface area contributed by atoms with E-state index in [0.29, 0.717) is 17.9 Å². The van der Waals surface area contributed by atoms with E-state index in [-0.39, 0.29) is 37.6 Å². The number of nitro benzene ring substituents is 1. The third-order valence-electron chi connectivity index (χ3n) is 4.65. The fraction of sp³-hybridized carbons (Fsp3) is 0.136. The molecule has 3 aromatic rings. The molecule has 0 fully saturated rings. The molecule has 0 aromatic heterocycles. The van der Waals surface area contributed by atoms with Gasteiger partial charge in [0.25, 0.3) is 21.6 Å². The highest BCUT2D eigenvalue weighted by Crippen LogP contribution is 2.31. The molecule has 1 amide bonds. The molecule has 12 heteroatoms. The van der Waals surface area contributed by atoms with Gasteiger partial charge in [-0.05, 0) is 55.8 Å². The molecule has 0 saturated carbocycles. The molecule has 0 heterocycles. The molecule has 0 bridgehead atoms. The Kier molecular flexibility index (Phi) is 7.65. The number of nitrogens with one attached hydrogen (secondary N) is 2. The Hall–Kier alpha value is -3.34. The molecule has 9 nitrogen and oxygen atoms in total. The van der Waals surface area contributed by atoms with Gasteiger partial charge >= 0.3 is 0 Å². The molecule has 0 unspecified atom stereocenters. The maximum absolute atomic E-state index is 13.0. The second kappa shape index (κ2) is 10.3. The summed E-state index contributed by atoms with van der Waals surface area (Å²) in [6, 6.07) is 12.4. The van der Waals surface area contributed by atoms with E-state index in [9.17, 15) is 23.3 Å². The Morgan fingerprint density at radius 3 is 2.35 bits per heavy atom. The fourth-order valence-corrected chi connectivity index (χ4v) is 4.87. The Balaban J connectivity index is 1.91. The van der Waals surface area contributed by atoms with E-state index in [2.05, 4.69) is 10.0 Å². The summed E-state index contributed by atoms with van der Waals surface area (Å²) in [5.41, 5.74) is 0.610. The van der Waals surface area contributed by atoms with Crippen LogP contribution >= 0.6 is 23.2 Å². The number of ether oxygens (including phenoxy) is 1. The van der Waals surface area contributed by atoms with Crippen LogP contribution in [-0.2, 0) is 10.0 Å². The van der Waals surface area contributed by atoms with Gasteiger partial charge < -0.3 is 10.1 Å². The summed E-state index contributed by atoms with van der Waals surface area (Å²) in [6.45, 7) is 3.94. The Morgan fingerprint density at radius 1 is 1.06 bits per heavy atom. The van der Waals surface area contributed by atoms with Crippen molar-refractivity contribution in [3.05, 3.63) is 85.9 Å². The highest BCUT2D eigenvalue weighted by atomic mass is 35.5. The monoisotopic (exact) mass is 523 g/mol. The van der Waals surface area contributed by atoms with E-state index in [1.807, 2.05) is 6.92 Å². The van der Waals surface area contributed by atoms with Crippen LogP contribution in [0.25, 0.3) is 0 Å². The number of hydrogen-bond acceptors (Lipinski definition) is 6. The van der Waals surface area contributed by atoms with Crippen molar-refractivity contribution in [2.24, 2.45) is 0 Å². The molecule has 3 aromatic carbocycles. The van der Waals surface area contributed by atoms with E-state index in [1.54, 1.807) is 19.1 Å². The third-order valence-corrected chi connectivity index (χ3v) is 6.81. The summed E-state index contributed by atoms with van der Waals surface area (Å²) in [5, 5.41) is 13.3. The molecular weight excluding hydrogens is 505 g/mol. The average molecular weight is 524 g/mol. The smallest absolute Gasteiger partial charge is 0.271 e. The van der Waals surface area contributed by atoms with Crippen LogP contribution in [0.2, 0.25) is 10.0 Å². The van der Waals surface area contributed by atoms with Crippen LogP contribution in [0.5, 0.6) is 5.75 Å². The van der Waals surface area contributed by atoms with Crippen molar-refractivity contribution in [3.63, 3.8) is 0 Å². The maximum atomic E-state index is 13.0. The van der Waals surface area contributed by atoms with Crippen molar-refractivity contribution < 1.29 is 22.9 Å². The number of anilines is 2. The number of amides is 1. The minimum atomic E-state index is -4.19. The predicted molar refractivity (Wildman–Crippen MR) is 131 cm³/mol. The van der Waals surface area contributed by atoms with Crippen LogP contribution < -0.4 is 14.8 Å². The van der Waals surface area contributed by atoms with Crippen LogP contribution in [-0.4, -0.2) is 25.9 Å². The zero-order valence-electron chi connectivity index (χ0n) is 18.0. The van der Waals surface area contributed by atoms with Crippen LogP contribution in [0.1, 0.15) is 22.8 Å². The number of nitro groups is 1. The van der Waals surface area contributed by atoms with Gasteiger partial charge in [0.2, 0.25) is 0 Å². The average Bonchev–Trinajstić information content (AvgIpc) is 2.76. The molecule has 34 heavy (non-hydrogen) atoms. The summed E-state index contributed by atoms with van der Waals surface area (Å²) in [6.07, 6.45) is 0. The summed E-state index contributed by atoms with van der Waals surface area (Å²) in [5.74, 6) is -0.187. The van der Waals surface area contributed by atoms with Crippen molar-refractivity contribution in [1.29, 1.82) is 0 Å². The maximum Gasteiger partial charge on any atom is 0.271 e. The molecule has 0 aliphatic heterocycles. The first-order valence-electron chi connectivity index (χ1n) is 9.83. The van der Waals surface area contributed by atoms with E-state index in [1.165, 1.54) is 30.3 Å². The lowest BCUT2D eigenvalue weighted by Gasteiger charge is -2.14. The third kappa shape index (κ3) is 5.77. The molecule has 0 radical (unpaired) electrons. The van der Waals surface area contributed by atoms with Crippen molar-refractivity contribution in [2.75, 3.05) is 16.6 Å². The number of non-ortho nitro benzene ring substituents is 1. The number of halogens is 2. The van der Waals surface area contributed by atoms with Crippen LogP contribution in [0.15, 0.2) is 59.5 Å². The second-order valence-corrected chi connectivity index (χ2v) is 9.50. The molecule has 0 saturated heterocycles. The summed E-state index contributed by atoms with van der Waals surface area (Å²) < 4.78 is 33.7. The van der Waals surface area contributed by atoms with E-state index in [4.69, 9.17) is 27.9 Å². The Labute approximate surface area is 205 Å². The van der Waals surface area contributed by atoms with Gasteiger partial charge in [-0.25, -0.2) is 8.42 Å². The van der Waals surface area contributed by atoms with Gasteiger partial charge in [0.05, 0.1) is 32.8 Å². The van der Waals surface area contributed by atoms with Gasteiger partial charge in [-0.15, -0.1) is 0 Å². The van der Waals surface area contributed by atoms with Crippen molar-refractivity contribution in [1.82, 2.24) is 0 Å². The molecule has 3 rings (SSSR count). The second-order valence-electron chi connectivity index (χ2n) is 7.04. The lowest BCUT2D eigenvalue weighted by molar-refractivity contribution is -0.384. The van der Waals surface area contributed by atoms with E-state index >= 15 is 0 Å². The number of rotatable bonds is 8. The molecule has 178 valence electrons. The van der Waals surface area contributed by atoms with Crippen molar-refractivity contribution >= 4 is 56.2 Å². The first-order valence-corrected chi connectivity index (χ1v) is 12.1. The molecule has 0 aliphatic carbocycles. The lowest BCUT2D eigenvalue weighted by Crippen LogP contribution is -2.17. The fourth-order valence-electron chi connectivity index (χ4n) is 2.95. The van der Waals surface area contributed by atoms with E-state index in [0.717, 1.165) is 12.1 Å². The first kappa shape index (κ1) is 25.3. The van der Waals surface area contributed by atoms with Gasteiger partial charge in [0.15, 0.2) is 0 Å². The zero-order chi connectivity index (χ0) is 25.0. The largest absolute Gasteiger partial charge is 0.494 e. The number of benzene rings is 3. The number of hydrogen-bond donors (Lipinski definition) is 2. The van der Waals surface area contributed by atoms with Crippen LogP contribution in [0, 0.1) is 17.0 Å². The van der Waals surface area contributed by atoms with Gasteiger partial charge in [-0.1, -0.05) is 29.3 Å². The molecule has 0 atom stereocenters. The van der Waals surface area contributed by atoms with Crippen molar-refractivity contribution in [2.45, 2.75) is 18.7 Å². The number of nitrogens with zero attached hydrogens (tertiary/aromatic N) is 1. The van der Waals surface area contributed by atoms with Gasteiger partial charge in [-0.3, -0.25) is 19.6 Å². The van der Waals surface area contributed by atoms with Crippen LogP contribution in [0.4, 0.5) is 17.1 Å². The molecule has 0 aliphatic rings. The van der Waals surface area contributed by atoms with Gasteiger partial charge in [0, 0.05) is 17.8 Å². The normalized spacial score (nSPS) is 11.1. The highest BCUT2D eigenvalue weighted by Gasteiger charge is 2.23. The minimum absolute atomic E-state index is 0.0920. The van der Waals surface area contributed by atoms with E-state index < -0.39 is 20.9 Å². The first-order chi connectivity index (χ1) is 16.0. The molecular formula is C22H19Cl2N3O6S.